The Morgan fingerprint density at radius 3 is 2.54 bits per heavy atom. The highest BCUT2D eigenvalue weighted by Gasteiger charge is 2.58. The van der Waals surface area contributed by atoms with E-state index in [-0.39, 0.29) is 12.1 Å². The number of fused-ring (bicyclic) bond motifs is 5. The molecule has 0 unspecified atom stereocenters. The SMILES string of the molecule is CCCCCCCC[C@@H]1CC[C@@H]2[C@@H]3CC=C4C[C@@H](OC(=O)[C@H](Cl)CCC)CC[C@]4(C)[C@@H]3CC[C@]12C. The lowest BCUT2D eigenvalue weighted by Crippen LogP contribution is -2.50. The summed E-state index contributed by atoms with van der Waals surface area (Å²) in [5.74, 6) is 3.37. The molecule has 35 heavy (non-hydrogen) atoms. The van der Waals surface area contributed by atoms with Gasteiger partial charge in [-0.25, -0.2) is 0 Å². The average molecular weight is 505 g/mol. The number of unbranched alkanes of at least 4 members (excludes halogenated alkanes) is 5. The Labute approximate surface area is 221 Å². The van der Waals surface area contributed by atoms with E-state index in [0.717, 1.165) is 42.9 Å². The Morgan fingerprint density at radius 2 is 1.77 bits per heavy atom. The molecular formula is C32H53ClO2. The molecule has 4 aliphatic carbocycles. The van der Waals surface area contributed by atoms with E-state index < -0.39 is 5.38 Å². The maximum Gasteiger partial charge on any atom is 0.324 e. The fraction of sp³-hybridized carbons (Fsp3) is 0.906. The van der Waals surface area contributed by atoms with Crippen molar-refractivity contribution in [3.8, 4) is 0 Å². The monoisotopic (exact) mass is 504 g/mol. The van der Waals surface area contributed by atoms with Gasteiger partial charge in [-0.3, -0.25) is 4.79 Å². The molecule has 3 saturated carbocycles. The summed E-state index contributed by atoms with van der Waals surface area (Å²) in [5, 5.41) is -0.485. The summed E-state index contributed by atoms with van der Waals surface area (Å²) >= 11 is 6.25. The average Bonchev–Trinajstić information content (AvgIpc) is 3.18. The van der Waals surface area contributed by atoms with Gasteiger partial charge in [-0.2, -0.15) is 0 Å². The third-order valence-corrected chi connectivity index (χ3v) is 11.6. The Morgan fingerprint density at radius 1 is 1.00 bits per heavy atom. The largest absolute Gasteiger partial charge is 0.461 e. The van der Waals surface area contributed by atoms with Crippen molar-refractivity contribution in [2.75, 3.05) is 0 Å². The first-order valence-electron chi connectivity index (χ1n) is 15.4. The van der Waals surface area contributed by atoms with Gasteiger partial charge in [-0.05, 0) is 92.3 Å². The second-order valence-corrected chi connectivity index (χ2v) is 13.7. The van der Waals surface area contributed by atoms with Crippen molar-refractivity contribution in [2.45, 2.75) is 148 Å². The topological polar surface area (TPSA) is 26.3 Å². The number of carbonyl (C=O) groups excluding carboxylic acids is 1. The van der Waals surface area contributed by atoms with Gasteiger partial charge in [0.2, 0.25) is 0 Å². The van der Waals surface area contributed by atoms with Crippen molar-refractivity contribution >= 4 is 17.6 Å². The highest BCUT2D eigenvalue weighted by Crippen LogP contribution is 2.66. The van der Waals surface area contributed by atoms with Gasteiger partial charge < -0.3 is 4.74 Å². The van der Waals surface area contributed by atoms with Gasteiger partial charge in [-0.1, -0.05) is 84.3 Å². The highest BCUT2D eigenvalue weighted by molar-refractivity contribution is 6.29. The van der Waals surface area contributed by atoms with Crippen LogP contribution in [0.15, 0.2) is 11.6 Å². The van der Waals surface area contributed by atoms with Gasteiger partial charge in [0.05, 0.1) is 0 Å². The van der Waals surface area contributed by atoms with Crippen molar-refractivity contribution in [1.82, 2.24) is 0 Å². The fourth-order valence-electron chi connectivity index (χ4n) is 9.09. The molecule has 8 atom stereocenters. The minimum atomic E-state index is -0.485. The lowest BCUT2D eigenvalue weighted by molar-refractivity contribution is -0.151. The highest BCUT2D eigenvalue weighted by atomic mass is 35.5. The van der Waals surface area contributed by atoms with Crippen LogP contribution in [0.1, 0.15) is 137 Å². The number of alkyl halides is 1. The van der Waals surface area contributed by atoms with Crippen LogP contribution in [0.5, 0.6) is 0 Å². The molecule has 200 valence electrons. The number of carbonyl (C=O) groups is 1. The normalized spacial score (nSPS) is 39.2. The first kappa shape index (κ1) is 27.5. The van der Waals surface area contributed by atoms with Crippen LogP contribution in [0.2, 0.25) is 0 Å². The standard InChI is InChI=1S/C32H53ClO2/c1-5-7-8-9-10-11-13-23-15-17-27-26-16-14-24-22-25(35-30(34)29(33)12-6-2)18-20-32(24,4)28(26)19-21-31(23,27)3/h14,23,25-29H,5-13,15-22H2,1-4H3/t23-,25+,26+,27-,28-,29-,31-,32+/m1/s1. The molecule has 3 fully saturated rings. The van der Waals surface area contributed by atoms with E-state index in [1.54, 1.807) is 5.57 Å². The Balaban J connectivity index is 1.36. The van der Waals surface area contributed by atoms with Gasteiger partial charge in [0.15, 0.2) is 0 Å². The van der Waals surface area contributed by atoms with Gasteiger partial charge in [0.1, 0.15) is 11.5 Å². The third kappa shape index (κ3) is 5.68. The second-order valence-electron chi connectivity index (χ2n) is 13.2. The van der Waals surface area contributed by atoms with E-state index in [1.165, 1.54) is 83.5 Å². The fourth-order valence-corrected chi connectivity index (χ4v) is 9.36. The molecule has 0 aliphatic heterocycles. The van der Waals surface area contributed by atoms with Crippen LogP contribution in [0.3, 0.4) is 0 Å². The molecular weight excluding hydrogens is 452 g/mol. The molecule has 4 rings (SSSR count). The number of rotatable bonds is 11. The van der Waals surface area contributed by atoms with Crippen molar-refractivity contribution in [2.24, 2.45) is 34.5 Å². The summed E-state index contributed by atoms with van der Waals surface area (Å²) in [6.45, 7) is 9.61. The zero-order chi connectivity index (χ0) is 25.1. The van der Waals surface area contributed by atoms with Crippen LogP contribution in [0.4, 0.5) is 0 Å². The molecule has 3 heteroatoms. The number of allylic oxidation sites excluding steroid dienone is 1. The number of halogens is 1. The van der Waals surface area contributed by atoms with Crippen LogP contribution >= 0.6 is 11.6 Å². The van der Waals surface area contributed by atoms with E-state index in [0.29, 0.717) is 17.3 Å². The summed E-state index contributed by atoms with van der Waals surface area (Å²) in [6.07, 6.45) is 24.4. The second kappa shape index (κ2) is 11.9. The summed E-state index contributed by atoms with van der Waals surface area (Å²) in [6, 6.07) is 0. The van der Waals surface area contributed by atoms with E-state index in [2.05, 4.69) is 33.8 Å². The zero-order valence-corrected chi connectivity index (χ0v) is 24.0. The van der Waals surface area contributed by atoms with E-state index in [9.17, 15) is 4.79 Å². The molecule has 0 bridgehead atoms. The molecule has 2 nitrogen and oxygen atoms in total. The molecule has 0 radical (unpaired) electrons. The summed E-state index contributed by atoms with van der Waals surface area (Å²) in [4.78, 5) is 12.4. The lowest BCUT2D eigenvalue weighted by atomic mass is 9.47. The molecule has 4 aliphatic rings. The number of hydrogen-bond donors (Lipinski definition) is 0. The van der Waals surface area contributed by atoms with Crippen LogP contribution in [-0.4, -0.2) is 17.5 Å². The lowest BCUT2D eigenvalue weighted by Gasteiger charge is -2.58. The Bertz CT molecular complexity index is 746. The van der Waals surface area contributed by atoms with Crippen molar-refractivity contribution in [1.29, 1.82) is 0 Å². The van der Waals surface area contributed by atoms with Crippen molar-refractivity contribution < 1.29 is 9.53 Å². The number of esters is 1. The first-order valence-corrected chi connectivity index (χ1v) is 15.8. The molecule has 0 aromatic heterocycles. The minimum absolute atomic E-state index is 0.0264. The molecule has 0 aromatic carbocycles. The molecule has 0 saturated heterocycles. The van der Waals surface area contributed by atoms with Crippen LogP contribution in [0, 0.1) is 34.5 Å². The Hall–Kier alpha value is -0.500. The van der Waals surface area contributed by atoms with Crippen LogP contribution in [0.25, 0.3) is 0 Å². The third-order valence-electron chi connectivity index (χ3n) is 11.2. The number of hydrogen-bond acceptors (Lipinski definition) is 2. The van der Waals surface area contributed by atoms with Gasteiger partial charge >= 0.3 is 5.97 Å². The molecule has 0 aromatic rings. The quantitative estimate of drug-likeness (QED) is 0.121. The zero-order valence-electron chi connectivity index (χ0n) is 23.3. The summed E-state index contributed by atoms with van der Waals surface area (Å²) in [7, 11) is 0. The van der Waals surface area contributed by atoms with Crippen molar-refractivity contribution in [3.63, 3.8) is 0 Å². The maximum absolute atomic E-state index is 12.4. The van der Waals surface area contributed by atoms with E-state index in [4.69, 9.17) is 16.3 Å². The van der Waals surface area contributed by atoms with E-state index in [1.807, 2.05) is 0 Å². The molecule has 0 heterocycles. The number of ether oxygens (including phenoxy) is 1. The summed E-state index contributed by atoms with van der Waals surface area (Å²) in [5.41, 5.74) is 2.48. The maximum atomic E-state index is 12.4. The van der Waals surface area contributed by atoms with Crippen LogP contribution in [-0.2, 0) is 9.53 Å². The minimum Gasteiger partial charge on any atom is -0.461 e. The van der Waals surface area contributed by atoms with Gasteiger partial charge in [0, 0.05) is 6.42 Å². The first-order chi connectivity index (χ1) is 16.8. The predicted molar refractivity (Wildman–Crippen MR) is 148 cm³/mol. The van der Waals surface area contributed by atoms with E-state index >= 15 is 0 Å². The van der Waals surface area contributed by atoms with Crippen molar-refractivity contribution in [3.05, 3.63) is 11.6 Å². The molecule has 0 amide bonds. The summed E-state index contributed by atoms with van der Waals surface area (Å²) < 4.78 is 5.89. The molecule has 0 spiro atoms. The van der Waals surface area contributed by atoms with Gasteiger partial charge in [-0.15, -0.1) is 11.6 Å². The Kier molecular flexibility index (Phi) is 9.37. The smallest absolute Gasteiger partial charge is 0.324 e. The molecule has 0 N–H and O–H groups in total. The van der Waals surface area contributed by atoms with Gasteiger partial charge in [0.25, 0.3) is 0 Å². The van der Waals surface area contributed by atoms with Crippen LogP contribution < -0.4 is 0 Å². The predicted octanol–water partition coefficient (Wildman–Crippen LogP) is 9.64.